The number of rotatable bonds is 7. The summed E-state index contributed by atoms with van der Waals surface area (Å²) < 4.78 is 5.10. The summed E-state index contributed by atoms with van der Waals surface area (Å²) in [4.78, 5) is 2.52. The summed E-state index contributed by atoms with van der Waals surface area (Å²) in [6, 6.07) is 5.59. The van der Waals surface area contributed by atoms with Gasteiger partial charge in [0.15, 0.2) is 11.5 Å². The molecule has 0 saturated carbocycles. The number of aromatic hydroxyl groups is 1. The van der Waals surface area contributed by atoms with Crippen molar-refractivity contribution in [2.75, 3.05) is 33.3 Å². The van der Waals surface area contributed by atoms with Gasteiger partial charge >= 0.3 is 0 Å². The van der Waals surface area contributed by atoms with Crippen molar-refractivity contribution in [2.45, 2.75) is 25.8 Å². The van der Waals surface area contributed by atoms with Crippen molar-refractivity contribution >= 4 is 0 Å². The van der Waals surface area contributed by atoms with Crippen LogP contribution in [0.3, 0.4) is 0 Å². The summed E-state index contributed by atoms with van der Waals surface area (Å²) in [5.74, 6) is 0.786. The Morgan fingerprint density at radius 2 is 2.11 bits per heavy atom. The minimum atomic E-state index is 0.247. The molecule has 0 aromatic heterocycles. The molecule has 2 rings (SSSR count). The van der Waals surface area contributed by atoms with Crippen LogP contribution in [0.1, 0.15) is 24.8 Å². The Hall–Kier alpha value is -1.26. The lowest BCUT2D eigenvalue weighted by molar-refractivity contribution is 0.330. The van der Waals surface area contributed by atoms with Crippen LogP contribution in [0.5, 0.6) is 11.5 Å². The number of para-hydroxylation sites is 1. The number of hydrogen-bond donors (Lipinski definition) is 2. The van der Waals surface area contributed by atoms with Crippen molar-refractivity contribution in [1.29, 1.82) is 0 Å². The van der Waals surface area contributed by atoms with Gasteiger partial charge in [0.05, 0.1) is 7.11 Å². The first-order valence-electron chi connectivity index (χ1n) is 7.09. The molecule has 0 spiro atoms. The van der Waals surface area contributed by atoms with Gasteiger partial charge in [-0.3, -0.25) is 0 Å². The number of nitrogens with zero attached hydrogens (tertiary/aromatic N) is 1. The van der Waals surface area contributed by atoms with E-state index in [1.54, 1.807) is 13.2 Å². The Balaban J connectivity index is 1.67. The Bertz CT molecular complexity index is 390. The molecule has 1 aliphatic rings. The number of benzene rings is 1. The third-order valence-corrected chi connectivity index (χ3v) is 3.64. The van der Waals surface area contributed by atoms with E-state index in [0.29, 0.717) is 12.3 Å². The van der Waals surface area contributed by atoms with Crippen molar-refractivity contribution in [3.63, 3.8) is 0 Å². The normalized spacial score (nSPS) is 15.8. The van der Waals surface area contributed by atoms with E-state index in [4.69, 9.17) is 4.74 Å². The lowest BCUT2D eigenvalue weighted by Crippen LogP contribution is -2.24. The fourth-order valence-electron chi connectivity index (χ4n) is 2.53. The largest absolute Gasteiger partial charge is 0.504 e. The molecule has 106 valence electrons. The number of likely N-dealkylation sites (tertiary alicyclic amines) is 1. The maximum Gasteiger partial charge on any atom is 0.162 e. The Labute approximate surface area is 115 Å². The SMILES string of the molecule is COc1cccc(CNCCCN2CCCC2)c1O. The first-order chi connectivity index (χ1) is 9.31. The third kappa shape index (κ3) is 4.11. The van der Waals surface area contributed by atoms with Crippen molar-refractivity contribution < 1.29 is 9.84 Å². The molecule has 0 radical (unpaired) electrons. The molecule has 19 heavy (non-hydrogen) atoms. The summed E-state index contributed by atoms with van der Waals surface area (Å²) in [5.41, 5.74) is 0.889. The van der Waals surface area contributed by atoms with Gasteiger partial charge in [-0.25, -0.2) is 0 Å². The zero-order chi connectivity index (χ0) is 13.5. The molecule has 4 heteroatoms. The van der Waals surface area contributed by atoms with Gasteiger partial charge in [-0.15, -0.1) is 0 Å². The highest BCUT2D eigenvalue weighted by Crippen LogP contribution is 2.28. The van der Waals surface area contributed by atoms with Crippen LogP contribution in [-0.4, -0.2) is 43.3 Å². The molecular formula is C15H24N2O2. The standard InChI is InChI=1S/C15H24N2O2/c1-19-14-7-4-6-13(15(14)18)12-16-8-5-11-17-9-2-3-10-17/h4,6-7,16,18H,2-3,5,8-12H2,1H3. The summed E-state index contributed by atoms with van der Waals surface area (Å²) in [6.45, 7) is 5.36. The molecule has 1 fully saturated rings. The molecule has 1 saturated heterocycles. The lowest BCUT2D eigenvalue weighted by Gasteiger charge is -2.14. The van der Waals surface area contributed by atoms with E-state index in [2.05, 4.69) is 10.2 Å². The highest BCUT2D eigenvalue weighted by molar-refractivity contribution is 5.45. The molecule has 4 nitrogen and oxygen atoms in total. The second kappa shape index (κ2) is 7.36. The van der Waals surface area contributed by atoms with Gasteiger partial charge in [0.1, 0.15) is 0 Å². The minimum Gasteiger partial charge on any atom is -0.504 e. The second-order valence-corrected chi connectivity index (χ2v) is 5.05. The van der Waals surface area contributed by atoms with Gasteiger partial charge in [-0.05, 0) is 51.5 Å². The van der Waals surface area contributed by atoms with Gasteiger partial charge in [0.2, 0.25) is 0 Å². The summed E-state index contributed by atoms with van der Waals surface area (Å²) in [6.07, 6.45) is 3.86. The Morgan fingerprint density at radius 3 is 2.84 bits per heavy atom. The Morgan fingerprint density at radius 1 is 1.32 bits per heavy atom. The highest BCUT2D eigenvalue weighted by atomic mass is 16.5. The molecule has 1 aliphatic heterocycles. The van der Waals surface area contributed by atoms with Crippen LogP contribution in [0.4, 0.5) is 0 Å². The van der Waals surface area contributed by atoms with Gasteiger partial charge < -0.3 is 20.1 Å². The van der Waals surface area contributed by atoms with Gasteiger partial charge in [-0.2, -0.15) is 0 Å². The minimum absolute atomic E-state index is 0.247. The lowest BCUT2D eigenvalue weighted by atomic mass is 10.2. The van der Waals surface area contributed by atoms with E-state index in [-0.39, 0.29) is 5.75 Å². The first-order valence-corrected chi connectivity index (χ1v) is 7.09. The van der Waals surface area contributed by atoms with Crippen LogP contribution in [0, 0.1) is 0 Å². The number of nitrogens with one attached hydrogen (secondary N) is 1. The number of methoxy groups -OCH3 is 1. The predicted octanol–water partition coefficient (Wildman–Crippen LogP) is 1.98. The van der Waals surface area contributed by atoms with Crippen molar-refractivity contribution in [3.05, 3.63) is 23.8 Å². The summed E-state index contributed by atoms with van der Waals surface area (Å²) >= 11 is 0. The van der Waals surface area contributed by atoms with E-state index < -0.39 is 0 Å². The van der Waals surface area contributed by atoms with Crippen LogP contribution in [0.15, 0.2) is 18.2 Å². The monoisotopic (exact) mass is 264 g/mol. The number of hydrogen-bond acceptors (Lipinski definition) is 4. The molecule has 0 unspecified atom stereocenters. The van der Waals surface area contributed by atoms with Gasteiger partial charge in [0, 0.05) is 12.1 Å². The molecular weight excluding hydrogens is 240 g/mol. The molecule has 0 amide bonds. The van der Waals surface area contributed by atoms with E-state index in [1.807, 2.05) is 12.1 Å². The predicted molar refractivity (Wildman–Crippen MR) is 76.7 cm³/mol. The third-order valence-electron chi connectivity index (χ3n) is 3.64. The van der Waals surface area contributed by atoms with Gasteiger partial charge in [0.25, 0.3) is 0 Å². The molecule has 1 heterocycles. The topological polar surface area (TPSA) is 44.7 Å². The first kappa shape index (κ1) is 14.2. The maximum atomic E-state index is 9.94. The molecule has 1 aromatic rings. The van der Waals surface area contributed by atoms with Crippen LogP contribution >= 0.6 is 0 Å². The summed E-state index contributed by atoms with van der Waals surface area (Å²) in [7, 11) is 1.57. The van der Waals surface area contributed by atoms with E-state index in [0.717, 1.165) is 18.5 Å². The fraction of sp³-hybridized carbons (Fsp3) is 0.600. The smallest absolute Gasteiger partial charge is 0.162 e. The molecule has 1 aromatic carbocycles. The van der Waals surface area contributed by atoms with Crippen molar-refractivity contribution in [1.82, 2.24) is 10.2 Å². The second-order valence-electron chi connectivity index (χ2n) is 5.05. The molecule has 2 N–H and O–H groups in total. The van der Waals surface area contributed by atoms with Crippen LogP contribution in [-0.2, 0) is 6.54 Å². The summed E-state index contributed by atoms with van der Waals surface area (Å²) in [5, 5.41) is 13.3. The molecule has 0 bridgehead atoms. The highest BCUT2D eigenvalue weighted by Gasteiger charge is 2.10. The maximum absolute atomic E-state index is 9.94. The number of ether oxygens (including phenoxy) is 1. The van der Waals surface area contributed by atoms with Crippen molar-refractivity contribution in [2.24, 2.45) is 0 Å². The number of phenolic OH excluding ortho intramolecular Hbond substituents is 1. The molecule has 0 aliphatic carbocycles. The van der Waals surface area contributed by atoms with E-state index >= 15 is 0 Å². The zero-order valence-corrected chi connectivity index (χ0v) is 11.7. The van der Waals surface area contributed by atoms with Crippen molar-refractivity contribution in [3.8, 4) is 11.5 Å². The van der Waals surface area contributed by atoms with Crippen LogP contribution in [0.25, 0.3) is 0 Å². The van der Waals surface area contributed by atoms with Gasteiger partial charge in [-0.1, -0.05) is 12.1 Å². The van der Waals surface area contributed by atoms with Crippen LogP contribution in [0.2, 0.25) is 0 Å². The van der Waals surface area contributed by atoms with E-state index in [1.165, 1.54) is 32.5 Å². The molecule has 0 atom stereocenters. The van der Waals surface area contributed by atoms with Crippen LogP contribution < -0.4 is 10.1 Å². The Kier molecular flexibility index (Phi) is 5.48. The van der Waals surface area contributed by atoms with E-state index in [9.17, 15) is 5.11 Å². The average molecular weight is 264 g/mol. The fourth-order valence-corrected chi connectivity index (χ4v) is 2.53. The quantitative estimate of drug-likeness (QED) is 0.739. The number of phenols is 1. The zero-order valence-electron chi connectivity index (χ0n) is 11.7. The average Bonchev–Trinajstić information content (AvgIpc) is 2.93.